The quantitative estimate of drug-likeness (QED) is 0.826. The molecule has 26 heavy (non-hydrogen) atoms. The number of rotatable bonds is 4. The van der Waals surface area contributed by atoms with E-state index < -0.39 is 23.5 Å². The minimum Gasteiger partial charge on any atom is -0.448 e. The Hall–Kier alpha value is -2.41. The number of ether oxygens (including phenoxy) is 1. The first kappa shape index (κ1) is 19.9. The molecule has 1 atom stereocenters. The van der Waals surface area contributed by atoms with Crippen molar-refractivity contribution in [2.75, 3.05) is 0 Å². The largest absolute Gasteiger partial charge is 0.448 e. The first-order chi connectivity index (χ1) is 12.0. The molecule has 0 saturated heterocycles. The Morgan fingerprint density at radius 1 is 1.27 bits per heavy atom. The zero-order valence-electron chi connectivity index (χ0n) is 15.8. The van der Waals surface area contributed by atoms with Gasteiger partial charge in [-0.15, -0.1) is 0 Å². The van der Waals surface area contributed by atoms with Crippen molar-refractivity contribution in [2.45, 2.75) is 53.2 Å². The lowest BCUT2D eigenvalue weighted by Crippen LogP contribution is -2.46. The zero-order valence-corrected chi connectivity index (χ0v) is 16.5. The number of aryl methyl sites for hydroxylation is 2. The molecule has 0 aromatic carbocycles. The minimum atomic E-state index is -0.975. The Kier molecular flexibility index (Phi) is 5.71. The number of carbonyl (C=O) groups is 2. The van der Waals surface area contributed by atoms with Gasteiger partial charge in [0.15, 0.2) is 17.6 Å². The van der Waals surface area contributed by atoms with Gasteiger partial charge in [0.05, 0.1) is 10.7 Å². The van der Waals surface area contributed by atoms with Gasteiger partial charge in [-0.2, -0.15) is 5.10 Å². The number of hydrogen-bond donors (Lipinski definition) is 1. The average Bonchev–Trinajstić information content (AvgIpc) is 2.84. The van der Waals surface area contributed by atoms with Crippen LogP contribution in [0.5, 0.6) is 0 Å². The van der Waals surface area contributed by atoms with E-state index in [2.05, 4.69) is 15.4 Å². The Balaban J connectivity index is 2.22. The maximum atomic E-state index is 12.4. The van der Waals surface area contributed by atoms with Gasteiger partial charge >= 0.3 is 5.97 Å². The molecule has 2 aromatic heterocycles. The highest BCUT2D eigenvalue weighted by molar-refractivity contribution is 6.33. The van der Waals surface area contributed by atoms with Gasteiger partial charge in [0, 0.05) is 11.2 Å². The monoisotopic (exact) mass is 378 g/mol. The maximum Gasteiger partial charge on any atom is 0.359 e. The summed E-state index contributed by atoms with van der Waals surface area (Å²) in [7, 11) is 0. The lowest BCUT2D eigenvalue weighted by molar-refractivity contribution is -0.130. The summed E-state index contributed by atoms with van der Waals surface area (Å²) in [5.41, 5.74) is 1.21. The van der Waals surface area contributed by atoms with E-state index in [1.165, 1.54) is 6.92 Å². The molecule has 140 valence electrons. The van der Waals surface area contributed by atoms with Gasteiger partial charge in [-0.3, -0.25) is 4.79 Å². The Labute approximate surface area is 157 Å². The van der Waals surface area contributed by atoms with Crippen molar-refractivity contribution < 1.29 is 14.3 Å². The molecular formula is C18H23ClN4O3. The van der Waals surface area contributed by atoms with Crippen LogP contribution in [-0.4, -0.2) is 38.3 Å². The van der Waals surface area contributed by atoms with Crippen LogP contribution in [0.25, 0.3) is 5.82 Å². The van der Waals surface area contributed by atoms with E-state index in [4.69, 9.17) is 16.3 Å². The summed E-state index contributed by atoms with van der Waals surface area (Å²) in [6.07, 6.45) is -0.975. The molecular weight excluding hydrogens is 356 g/mol. The van der Waals surface area contributed by atoms with E-state index in [0.717, 1.165) is 11.4 Å². The highest BCUT2D eigenvalue weighted by Gasteiger charge is 2.25. The van der Waals surface area contributed by atoms with Crippen LogP contribution < -0.4 is 5.32 Å². The number of carbonyl (C=O) groups excluding carboxylic acids is 2. The Morgan fingerprint density at radius 2 is 1.92 bits per heavy atom. The van der Waals surface area contributed by atoms with Crippen LogP contribution >= 0.6 is 11.6 Å². The fourth-order valence-corrected chi connectivity index (χ4v) is 2.48. The molecule has 0 aliphatic carbocycles. The van der Waals surface area contributed by atoms with E-state index in [0.29, 0.717) is 5.82 Å². The number of halogens is 1. The molecule has 2 aromatic rings. The first-order valence-corrected chi connectivity index (χ1v) is 8.59. The molecule has 0 radical (unpaired) electrons. The highest BCUT2D eigenvalue weighted by Crippen LogP contribution is 2.19. The molecule has 0 aliphatic heterocycles. The van der Waals surface area contributed by atoms with Crippen molar-refractivity contribution in [3.8, 4) is 5.82 Å². The van der Waals surface area contributed by atoms with E-state index in [9.17, 15) is 9.59 Å². The van der Waals surface area contributed by atoms with Gasteiger partial charge in [0.2, 0.25) is 0 Å². The summed E-state index contributed by atoms with van der Waals surface area (Å²) < 4.78 is 6.83. The predicted molar refractivity (Wildman–Crippen MR) is 98.6 cm³/mol. The molecule has 2 heterocycles. The highest BCUT2D eigenvalue weighted by atomic mass is 35.5. The van der Waals surface area contributed by atoms with Gasteiger partial charge in [-0.25, -0.2) is 14.5 Å². The van der Waals surface area contributed by atoms with Gasteiger partial charge in [-0.05, 0) is 59.7 Å². The fraction of sp³-hybridized carbons (Fsp3) is 0.444. The van der Waals surface area contributed by atoms with Crippen LogP contribution in [0.4, 0.5) is 0 Å². The van der Waals surface area contributed by atoms with Crippen molar-refractivity contribution >= 4 is 23.5 Å². The SMILES string of the molecule is Cc1cc(C)n(-c2ccc(Cl)c(C(=O)OC(C)C(=O)NC(C)(C)C)n2)n1. The number of nitrogens with zero attached hydrogens (tertiary/aromatic N) is 3. The molecule has 7 nitrogen and oxygen atoms in total. The second-order valence-corrected chi connectivity index (χ2v) is 7.53. The second-order valence-electron chi connectivity index (χ2n) is 7.13. The van der Waals surface area contributed by atoms with Crippen LogP contribution in [0.2, 0.25) is 5.02 Å². The number of pyridine rings is 1. The normalized spacial score (nSPS) is 12.6. The van der Waals surface area contributed by atoms with E-state index in [-0.39, 0.29) is 10.7 Å². The molecule has 0 fully saturated rings. The van der Waals surface area contributed by atoms with Crippen LogP contribution in [0, 0.1) is 13.8 Å². The topological polar surface area (TPSA) is 86.1 Å². The predicted octanol–water partition coefficient (Wildman–Crippen LogP) is 3.00. The minimum absolute atomic E-state index is 0.0628. The lowest BCUT2D eigenvalue weighted by Gasteiger charge is -2.23. The average molecular weight is 379 g/mol. The van der Waals surface area contributed by atoms with Crippen LogP contribution in [0.1, 0.15) is 49.6 Å². The fourth-order valence-electron chi connectivity index (χ4n) is 2.29. The molecule has 1 unspecified atom stereocenters. The van der Waals surface area contributed by atoms with Gasteiger partial charge in [0.25, 0.3) is 5.91 Å². The number of aromatic nitrogens is 3. The second kappa shape index (κ2) is 7.45. The maximum absolute atomic E-state index is 12.4. The molecule has 0 bridgehead atoms. The van der Waals surface area contributed by atoms with Crippen LogP contribution in [0.3, 0.4) is 0 Å². The number of esters is 1. The van der Waals surface area contributed by atoms with E-state index in [1.807, 2.05) is 40.7 Å². The third kappa shape index (κ3) is 4.82. The Morgan fingerprint density at radius 3 is 2.46 bits per heavy atom. The van der Waals surface area contributed by atoms with Crippen molar-refractivity contribution in [1.29, 1.82) is 0 Å². The summed E-state index contributed by atoms with van der Waals surface area (Å²) in [5, 5.41) is 7.23. The molecule has 1 amide bonds. The third-order valence-corrected chi connectivity index (χ3v) is 3.71. The molecule has 0 saturated carbocycles. The molecule has 8 heteroatoms. The first-order valence-electron chi connectivity index (χ1n) is 8.21. The van der Waals surface area contributed by atoms with Gasteiger partial charge in [-0.1, -0.05) is 11.6 Å². The van der Waals surface area contributed by atoms with Crippen molar-refractivity contribution in [3.05, 3.63) is 40.3 Å². The van der Waals surface area contributed by atoms with Gasteiger partial charge in [0.1, 0.15) is 0 Å². The van der Waals surface area contributed by atoms with Crippen molar-refractivity contribution in [2.24, 2.45) is 0 Å². The van der Waals surface area contributed by atoms with Crippen molar-refractivity contribution in [1.82, 2.24) is 20.1 Å². The summed E-state index contributed by atoms with van der Waals surface area (Å²) in [4.78, 5) is 28.8. The van der Waals surface area contributed by atoms with Gasteiger partial charge < -0.3 is 10.1 Å². The molecule has 0 aliphatic rings. The van der Waals surface area contributed by atoms with E-state index >= 15 is 0 Å². The van der Waals surface area contributed by atoms with E-state index in [1.54, 1.807) is 16.8 Å². The Bertz CT molecular complexity index is 839. The number of amides is 1. The summed E-state index contributed by atoms with van der Waals surface area (Å²) >= 11 is 6.10. The summed E-state index contributed by atoms with van der Waals surface area (Å²) in [6, 6.07) is 5.11. The molecule has 1 N–H and O–H groups in total. The van der Waals surface area contributed by atoms with Crippen LogP contribution in [-0.2, 0) is 9.53 Å². The lowest BCUT2D eigenvalue weighted by atomic mass is 10.1. The smallest absolute Gasteiger partial charge is 0.359 e. The standard InChI is InChI=1S/C18H23ClN4O3/c1-10-9-11(2)23(22-10)14-8-7-13(19)15(20-14)17(25)26-12(3)16(24)21-18(4,5)6/h7-9,12H,1-6H3,(H,21,24). The number of nitrogens with one attached hydrogen (secondary N) is 1. The summed E-state index contributed by atoms with van der Waals surface area (Å²) in [5.74, 6) is -0.717. The number of hydrogen-bond acceptors (Lipinski definition) is 5. The zero-order chi connectivity index (χ0) is 19.6. The third-order valence-electron chi connectivity index (χ3n) is 3.40. The molecule has 2 rings (SSSR count). The van der Waals surface area contributed by atoms with Crippen LogP contribution in [0.15, 0.2) is 18.2 Å². The summed E-state index contributed by atoms with van der Waals surface area (Å²) in [6.45, 7) is 10.8. The van der Waals surface area contributed by atoms with Crippen molar-refractivity contribution in [3.63, 3.8) is 0 Å². The molecule has 0 spiro atoms.